The van der Waals surface area contributed by atoms with E-state index in [0.717, 1.165) is 37.6 Å². The fourth-order valence-electron chi connectivity index (χ4n) is 3.51. The summed E-state index contributed by atoms with van der Waals surface area (Å²) in [5.74, 6) is 1.90. The molecule has 0 amide bonds. The third-order valence-electron chi connectivity index (χ3n) is 5.82. The topological polar surface area (TPSA) is 43.5 Å². The zero-order valence-corrected chi connectivity index (χ0v) is 17.8. The number of ether oxygens (including phenoxy) is 4. The summed E-state index contributed by atoms with van der Waals surface area (Å²) in [6, 6.07) is 15.1. The van der Waals surface area contributed by atoms with Gasteiger partial charge in [-0.2, -0.15) is 0 Å². The number of epoxide rings is 2. The Labute approximate surface area is 174 Å². The van der Waals surface area contributed by atoms with E-state index in [1.807, 2.05) is 0 Å². The number of rotatable bonds is 11. The van der Waals surface area contributed by atoms with Crippen LogP contribution in [0.4, 0.5) is 0 Å². The Morgan fingerprint density at radius 2 is 1.52 bits per heavy atom. The van der Waals surface area contributed by atoms with Crippen molar-refractivity contribution >= 4 is 0 Å². The van der Waals surface area contributed by atoms with Crippen LogP contribution >= 0.6 is 0 Å². The van der Waals surface area contributed by atoms with Gasteiger partial charge in [0.15, 0.2) is 0 Å². The lowest BCUT2D eigenvalue weighted by atomic mass is 9.77. The first-order valence-corrected chi connectivity index (χ1v) is 10.8. The van der Waals surface area contributed by atoms with E-state index in [4.69, 9.17) is 18.9 Å². The highest BCUT2D eigenvalue weighted by Crippen LogP contribution is 2.35. The SMILES string of the molecule is CCCCc1cc(C(C)(C)c2ccc(OCC3CO3)cc2)ccc1OC[C@@H]1CO1. The van der Waals surface area contributed by atoms with Gasteiger partial charge < -0.3 is 18.9 Å². The third-order valence-corrected chi connectivity index (χ3v) is 5.82. The number of hydrogen-bond acceptors (Lipinski definition) is 4. The van der Waals surface area contributed by atoms with Gasteiger partial charge in [0.2, 0.25) is 0 Å². The quantitative estimate of drug-likeness (QED) is 0.506. The molecule has 0 radical (unpaired) electrons. The average molecular weight is 397 g/mol. The summed E-state index contributed by atoms with van der Waals surface area (Å²) in [5, 5.41) is 0. The zero-order valence-electron chi connectivity index (χ0n) is 17.8. The summed E-state index contributed by atoms with van der Waals surface area (Å²) in [5.41, 5.74) is 3.77. The lowest BCUT2D eigenvalue weighted by Gasteiger charge is -2.27. The molecular formula is C25H32O4. The van der Waals surface area contributed by atoms with Gasteiger partial charge >= 0.3 is 0 Å². The van der Waals surface area contributed by atoms with Crippen molar-refractivity contribution in [3.8, 4) is 11.5 Å². The molecule has 2 heterocycles. The van der Waals surface area contributed by atoms with Gasteiger partial charge in [-0.15, -0.1) is 0 Å². The van der Waals surface area contributed by atoms with Crippen LogP contribution in [0.15, 0.2) is 42.5 Å². The molecule has 4 heteroatoms. The molecule has 2 aliphatic rings. The molecule has 2 aromatic carbocycles. The molecule has 0 N–H and O–H groups in total. The largest absolute Gasteiger partial charge is 0.491 e. The Kier molecular flexibility index (Phi) is 6.12. The van der Waals surface area contributed by atoms with Gasteiger partial charge in [-0.25, -0.2) is 0 Å². The predicted octanol–water partition coefficient (Wildman–Crippen LogP) is 4.91. The second-order valence-electron chi connectivity index (χ2n) is 8.61. The fourth-order valence-corrected chi connectivity index (χ4v) is 3.51. The molecule has 156 valence electrons. The molecule has 2 aromatic rings. The van der Waals surface area contributed by atoms with Crippen molar-refractivity contribution in [3.63, 3.8) is 0 Å². The standard InChI is InChI=1S/C25H32O4/c1-4-5-6-18-13-20(9-12-24(18)29-17-23-16-28-23)25(2,3)19-7-10-21(11-8-19)26-14-22-15-27-22/h7-13,22-23H,4-6,14-17H2,1-3H3/t22?,23-/m0/s1. The van der Waals surface area contributed by atoms with E-state index >= 15 is 0 Å². The van der Waals surface area contributed by atoms with Gasteiger partial charge in [-0.1, -0.05) is 51.5 Å². The summed E-state index contributed by atoms with van der Waals surface area (Å²) < 4.78 is 22.3. The second kappa shape index (κ2) is 8.76. The van der Waals surface area contributed by atoms with Gasteiger partial charge in [-0.05, 0) is 47.7 Å². The molecule has 29 heavy (non-hydrogen) atoms. The van der Waals surface area contributed by atoms with Gasteiger partial charge in [0.25, 0.3) is 0 Å². The van der Waals surface area contributed by atoms with Crippen molar-refractivity contribution < 1.29 is 18.9 Å². The molecule has 2 aliphatic heterocycles. The highest BCUT2D eigenvalue weighted by Gasteiger charge is 2.27. The van der Waals surface area contributed by atoms with Crippen molar-refractivity contribution in [2.75, 3.05) is 26.4 Å². The first kappa shape index (κ1) is 20.2. The van der Waals surface area contributed by atoms with Crippen LogP contribution in [0.3, 0.4) is 0 Å². The van der Waals surface area contributed by atoms with E-state index in [2.05, 4.69) is 63.2 Å². The van der Waals surface area contributed by atoms with Gasteiger partial charge in [0, 0.05) is 5.41 Å². The molecule has 2 fully saturated rings. The minimum Gasteiger partial charge on any atom is -0.491 e. The third kappa shape index (κ3) is 5.31. The van der Waals surface area contributed by atoms with Crippen molar-refractivity contribution in [2.24, 2.45) is 0 Å². The van der Waals surface area contributed by atoms with Gasteiger partial charge in [-0.3, -0.25) is 0 Å². The van der Waals surface area contributed by atoms with Gasteiger partial charge in [0.1, 0.15) is 36.9 Å². The predicted molar refractivity (Wildman–Crippen MR) is 114 cm³/mol. The summed E-state index contributed by atoms with van der Waals surface area (Å²) in [4.78, 5) is 0. The average Bonchev–Trinajstić information content (AvgIpc) is 3.64. The Morgan fingerprint density at radius 1 is 0.897 bits per heavy atom. The summed E-state index contributed by atoms with van der Waals surface area (Å²) >= 11 is 0. The Hall–Kier alpha value is -2.04. The Balaban J connectivity index is 1.50. The van der Waals surface area contributed by atoms with Gasteiger partial charge in [0.05, 0.1) is 13.2 Å². The van der Waals surface area contributed by atoms with E-state index in [9.17, 15) is 0 Å². The zero-order chi connectivity index (χ0) is 20.3. The Morgan fingerprint density at radius 3 is 2.14 bits per heavy atom. The molecule has 0 aromatic heterocycles. The lowest BCUT2D eigenvalue weighted by Crippen LogP contribution is -2.19. The second-order valence-corrected chi connectivity index (χ2v) is 8.61. The highest BCUT2D eigenvalue weighted by atomic mass is 16.6. The monoisotopic (exact) mass is 396 g/mol. The molecule has 0 bridgehead atoms. The number of benzene rings is 2. The van der Waals surface area contributed by atoms with Crippen molar-refractivity contribution in [3.05, 3.63) is 59.2 Å². The van der Waals surface area contributed by atoms with E-state index in [-0.39, 0.29) is 17.6 Å². The smallest absolute Gasteiger partial charge is 0.122 e. The van der Waals surface area contributed by atoms with Crippen LogP contribution in [0.1, 0.15) is 50.3 Å². The number of aryl methyl sites for hydroxylation is 1. The van der Waals surface area contributed by atoms with Crippen LogP contribution in [0.5, 0.6) is 11.5 Å². The maximum Gasteiger partial charge on any atom is 0.122 e. The maximum absolute atomic E-state index is 6.05. The first-order valence-electron chi connectivity index (χ1n) is 10.8. The van der Waals surface area contributed by atoms with Crippen LogP contribution in [0, 0.1) is 0 Å². The molecule has 1 unspecified atom stereocenters. The first-order chi connectivity index (χ1) is 14.1. The van der Waals surface area contributed by atoms with E-state index in [0.29, 0.717) is 13.2 Å². The van der Waals surface area contributed by atoms with E-state index < -0.39 is 0 Å². The lowest BCUT2D eigenvalue weighted by molar-refractivity contribution is 0.261. The molecule has 0 saturated carbocycles. The molecule has 2 saturated heterocycles. The van der Waals surface area contributed by atoms with E-state index in [1.54, 1.807) is 0 Å². The van der Waals surface area contributed by atoms with Crippen molar-refractivity contribution in [1.82, 2.24) is 0 Å². The fraction of sp³-hybridized carbons (Fsp3) is 0.520. The van der Waals surface area contributed by atoms with E-state index in [1.165, 1.54) is 23.1 Å². The van der Waals surface area contributed by atoms with Crippen LogP contribution in [-0.2, 0) is 21.3 Å². The van der Waals surface area contributed by atoms with Crippen LogP contribution in [0.25, 0.3) is 0 Å². The van der Waals surface area contributed by atoms with Crippen LogP contribution in [-0.4, -0.2) is 38.6 Å². The summed E-state index contributed by atoms with van der Waals surface area (Å²) in [7, 11) is 0. The Bertz CT molecular complexity index is 804. The molecule has 4 rings (SSSR count). The summed E-state index contributed by atoms with van der Waals surface area (Å²) in [6.07, 6.45) is 3.93. The minimum atomic E-state index is -0.1000. The molecule has 0 aliphatic carbocycles. The molecule has 2 atom stereocenters. The van der Waals surface area contributed by atoms with Crippen molar-refractivity contribution in [2.45, 2.75) is 57.7 Å². The van der Waals surface area contributed by atoms with Crippen LogP contribution < -0.4 is 9.47 Å². The molecule has 0 spiro atoms. The normalized spacial score (nSPS) is 20.4. The minimum absolute atomic E-state index is 0.1000. The summed E-state index contributed by atoms with van der Waals surface area (Å²) in [6.45, 7) is 9.70. The van der Waals surface area contributed by atoms with Crippen molar-refractivity contribution in [1.29, 1.82) is 0 Å². The van der Waals surface area contributed by atoms with Crippen LogP contribution in [0.2, 0.25) is 0 Å². The molecular weight excluding hydrogens is 364 g/mol. The highest BCUT2D eigenvalue weighted by molar-refractivity contribution is 5.45. The maximum atomic E-state index is 6.05. The molecule has 4 nitrogen and oxygen atoms in total. The number of unbranched alkanes of at least 4 members (excludes halogenated alkanes) is 1. The number of hydrogen-bond donors (Lipinski definition) is 0.